The molecule has 0 bridgehead atoms. The molecular weight excluding hydrogens is 1480 g/mol. The Bertz CT molecular complexity index is 5340. The second-order valence-electron chi connectivity index (χ2n) is 35.9. The van der Waals surface area contributed by atoms with Gasteiger partial charge in [0, 0.05) is 77.7 Å². The van der Waals surface area contributed by atoms with Crippen LogP contribution in [0.3, 0.4) is 0 Å². The Labute approximate surface area is 662 Å². The average Bonchev–Trinajstić information content (AvgIpc) is 0.969. The van der Waals surface area contributed by atoms with Gasteiger partial charge in [0.15, 0.2) is 0 Å². The van der Waals surface area contributed by atoms with Crippen LogP contribution < -0.4 is 16.0 Å². The SMILES string of the molecule is CC(C)(C)c1ccc(S(=O)(=O)N2CCCCC2)c2cccnc12.CC(C)(C)c1ccc(S(=O)(=O)N2CCOCC2)c2cccnc12.CC(C)(C)c1ccc2c(c1)C1CCCCC1O2.CC(C)(C)c1ccc2ccccc2c1.Cc1c(Br)c(=O)oc2cc(C(C)(C)C)ccc12.Cc1cc(=O)oc2cc(C(C)(C)C)ccc12. The molecule has 11 aromatic rings. The zero-order valence-corrected chi connectivity index (χ0v) is 71.7. The van der Waals surface area contributed by atoms with E-state index < -0.39 is 20.0 Å². The molecule has 3 fully saturated rings. The van der Waals surface area contributed by atoms with Gasteiger partial charge in [0.25, 0.3) is 0 Å². The average molecular weight is 1590 g/mol. The molecule has 2 atom stereocenters. The lowest BCUT2D eigenvalue weighted by Gasteiger charge is -2.27. The van der Waals surface area contributed by atoms with Crippen LogP contribution >= 0.6 is 15.9 Å². The number of pyridine rings is 2. The van der Waals surface area contributed by atoms with Gasteiger partial charge in [0.05, 0.1) is 34.0 Å². The monoisotopic (exact) mass is 1590 g/mol. The van der Waals surface area contributed by atoms with Crippen molar-refractivity contribution in [2.75, 3.05) is 39.4 Å². The minimum absolute atomic E-state index is 0.0493. The molecule has 0 amide bonds. The summed E-state index contributed by atoms with van der Waals surface area (Å²) in [5.74, 6) is 1.82. The minimum atomic E-state index is -3.54. The van der Waals surface area contributed by atoms with E-state index in [9.17, 15) is 26.4 Å². The van der Waals surface area contributed by atoms with Crippen LogP contribution in [-0.4, -0.2) is 80.9 Å². The van der Waals surface area contributed by atoms with E-state index in [-0.39, 0.29) is 43.7 Å². The van der Waals surface area contributed by atoms with Crippen LogP contribution in [0.2, 0.25) is 0 Å². The van der Waals surface area contributed by atoms with Gasteiger partial charge in [-0.25, -0.2) is 26.4 Å². The van der Waals surface area contributed by atoms with E-state index in [1.165, 1.54) is 69.1 Å². The van der Waals surface area contributed by atoms with Crippen molar-refractivity contribution in [1.82, 2.24) is 18.6 Å². The number of fused-ring (bicyclic) bond motifs is 8. The first-order valence-corrected chi connectivity index (χ1v) is 42.6. The Balaban J connectivity index is 0.000000142. The van der Waals surface area contributed by atoms with Crippen molar-refractivity contribution < 1.29 is 35.1 Å². The van der Waals surface area contributed by atoms with Gasteiger partial charge in [-0.2, -0.15) is 8.61 Å². The van der Waals surface area contributed by atoms with Gasteiger partial charge < -0.3 is 18.3 Å². The number of sulfonamides is 2. The Morgan fingerprint density at radius 1 is 0.436 bits per heavy atom. The summed E-state index contributed by atoms with van der Waals surface area (Å²) in [6, 6.07) is 50.3. The lowest BCUT2D eigenvalue weighted by molar-refractivity contribution is 0.0730. The highest BCUT2D eigenvalue weighted by Crippen LogP contribution is 2.47. The standard InChI is InChI=1S/C18H24N2O2S.C17H22N2O3S.C16H22O.C14H15BrO2.C14H16O2.C14H16/c1-18(2,3)15-9-10-16(14-8-7-11-19-17(14)15)23(21,22)20-12-5-4-6-13-20;1-17(2,3)14-6-7-15(13-5-4-8-18-16(13)14)23(20,21)19-9-11-22-12-10-19;1-16(2,3)11-8-9-15-13(10-11)12-6-4-5-7-14(12)17-15;1-8-10-6-5-9(14(2,3)4)7-11(10)17-13(16)12(8)15;1-9-7-13(15)16-12-8-10(14(2,3)4)5-6-11(9)12;1-14(2,3)13-9-8-11-6-4-5-7-12(11)10-13/h7-11H,4-6,12-13H2,1-3H3;4-8H,9-12H2,1-3H3;8-10,12,14H,4-7H2,1-3H3;5-7H,1-4H3;5-8H,1-4H3;4-10H,1-3H3. The minimum Gasteiger partial charge on any atom is -0.489 e. The fourth-order valence-electron chi connectivity index (χ4n) is 14.5. The van der Waals surface area contributed by atoms with Crippen molar-refractivity contribution >= 4 is 90.5 Å². The molecule has 14 nitrogen and oxygen atoms in total. The highest BCUT2D eigenvalue weighted by Gasteiger charge is 2.37. The number of nitrogens with zero attached hydrogens (tertiary/aromatic N) is 4. The van der Waals surface area contributed by atoms with Crippen LogP contribution in [0.15, 0.2) is 197 Å². The van der Waals surface area contributed by atoms with Crippen LogP contribution in [0.25, 0.3) is 54.5 Å². The summed E-state index contributed by atoms with van der Waals surface area (Å²) in [7, 11) is -7.00. The summed E-state index contributed by atoms with van der Waals surface area (Å²) in [5, 5.41) is 6.05. The van der Waals surface area contributed by atoms with E-state index in [4.69, 9.17) is 18.3 Å². The molecule has 2 saturated heterocycles. The number of hydrogen-bond acceptors (Lipinski definition) is 12. The van der Waals surface area contributed by atoms with Gasteiger partial charge in [0.2, 0.25) is 20.0 Å². The Morgan fingerprint density at radius 2 is 0.900 bits per heavy atom. The maximum atomic E-state index is 13.1. The molecule has 17 heteroatoms. The zero-order chi connectivity index (χ0) is 80.3. The number of rotatable bonds is 4. The van der Waals surface area contributed by atoms with Crippen LogP contribution in [0.1, 0.15) is 226 Å². The van der Waals surface area contributed by atoms with Crippen molar-refractivity contribution in [3.63, 3.8) is 0 Å². The quantitative estimate of drug-likeness (QED) is 0.152. The molecule has 586 valence electrons. The number of aryl methyl sites for hydroxylation is 2. The van der Waals surface area contributed by atoms with Gasteiger partial charge >= 0.3 is 11.3 Å². The molecule has 7 heterocycles. The molecule has 0 radical (unpaired) electrons. The van der Waals surface area contributed by atoms with Crippen molar-refractivity contribution in [3.8, 4) is 5.75 Å². The molecule has 1 saturated carbocycles. The summed E-state index contributed by atoms with van der Waals surface area (Å²) in [6.45, 7) is 45.8. The number of aromatic nitrogens is 2. The number of piperidine rings is 1. The van der Waals surface area contributed by atoms with E-state index in [0.717, 1.165) is 80.0 Å². The molecule has 7 aromatic carbocycles. The van der Waals surface area contributed by atoms with E-state index in [2.05, 4.69) is 223 Å². The molecule has 4 aliphatic rings. The summed E-state index contributed by atoms with van der Waals surface area (Å²) >= 11 is 3.25. The molecule has 1 aliphatic carbocycles. The van der Waals surface area contributed by atoms with Crippen molar-refractivity contribution in [1.29, 1.82) is 0 Å². The van der Waals surface area contributed by atoms with E-state index in [1.807, 2.05) is 68.4 Å². The second-order valence-corrected chi connectivity index (χ2v) is 40.5. The molecule has 3 aliphatic heterocycles. The molecule has 4 aromatic heterocycles. The molecule has 0 spiro atoms. The predicted octanol–water partition coefficient (Wildman–Crippen LogP) is 22.4. The van der Waals surface area contributed by atoms with Crippen LogP contribution in [0.4, 0.5) is 0 Å². The van der Waals surface area contributed by atoms with Gasteiger partial charge in [-0.15, -0.1) is 0 Å². The molecule has 2 unspecified atom stereocenters. The zero-order valence-electron chi connectivity index (χ0n) is 68.5. The highest BCUT2D eigenvalue weighted by molar-refractivity contribution is 9.10. The Hall–Kier alpha value is -7.90. The van der Waals surface area contributed by atoms with Crippen molar-refractivity contribution in [2.24, 2.45) is 0 Å². The lowest BCUT2D eigenvalue weighted by Crippen LogP contribution is -2.40. The van der Waals surface area contributed by atoms with Crippen molar-refractivity contribution in [2.45, 2.75) is 238 Å². The highest BCUT2D eigenvalue weighted by atomic mass is 79.9. The van der Waals surface area contributed by atoms with E-state index in [1.54, 1.807) is 34.9 Å². The molecule has 0 N–H and O–H groups in total. The lowest BCUT2D eigenvalue weighted by atomic mass is 9.80. The summed E-state index contributed by atoms with van der Waals surface area (Å²) < 4.78 is 77.6. The van der Waals surface area contributed by atoms with Crippen LogP contribution in [-0.2, 0) is 57.3 Å². The fraction of sp³-hybridized carbons (Fsp3) is 0.441. The molecule has 110 heavy (non-hydrogen) atoms. The Morgan fingerprint density at radius 3 is 1.43 bits per heavy atom. The fourth-order valence-corrected chi connectivity index (χ4v) is 18.1. The largest absolute Gasteiger partial charge is 0.489 e. The normalized spacial score (nSPS) is 16.7. The Kier molecular flexibility index (Phi) is 26.0. The first kappa shape index (κ1) is 84.5. The first-order valence-electron chi connectivity index (χ1n) is 38.9. The number of hydrogen-bond donors (Lipinski definition) is 0. The predicted molar refractivity (Wildman–Crippen MR) is 456 cm³/mol. The first-order chi connectivity index (χ1) is 51.4. The third-order valence-electron chi connectivity index (χ3n) is 21.2. The van der Waals surface area contributed by atoms with Gasteiger partial charge in [0.1, 0.15) is 27.5 Å². The second kappa shape index (κ2) is 33.8. The number of halogens is 1. The third-order valence-corrected chi connectivity index (χ3v) is 26.1. The summed E-state index contributed by atoms with van der Waals surface area (Å²) in [5.41, 5.74) is 13.4. The summed E-state index contributed by atoms with van der Waals surface area (Å²) in [6.07, 6.45) is 12.1. The topological polar surface area (TPSA) is 179 Å². The van der Waals surface area contributed by atoms with Gasteiger partial charge in [-0.1, -0.05) is 228 Å². The van der Waals surface area contributed by atoms with Crippen LogP contribution in [0, 0.1) is 13.8 Å². The van der Waals surface area contributed by atoms with Crippen LogP contribution in [0.5, 0.6) is 5.75 Å². The molecule has 15 rings (SSSR count). The number of benzene rings is 7. The maximum Gasteiger partial charge on any atom is 0.350 e. The maximum absolute atomic E-state index is 13.1. The smallest absolute Gasteiger partial charge is 0.350 e. The van der Waals surface area contributed by atoms with E-state index >= 15 is 0 Å². The van der Waals surface area contributed by atoms with Gasteiger partial charge in [-0.05, 0) is 204 Å². The third kappa shape index (κ3) is 19.9. The number of morpholine rings is 1. The summed E-state index contributed by atoms with van der Waals surface area (Å²) in [4.78, 5) is 32.6. The van der Waals surface area contributed by atoms with E-state index in [0.29, 0.717) is 82.2 Å². The molecular formula is C93H115BrN4O10S2. The van der Waals surface area contributed by atoms with Crippen molar-refractivity contribution in [3.05, 3.63) is 239 Å². The van der Waals surface area contributed by atoms with Gasteiger partial charge in [-0.3, -0.25) is 9.97 Å². The number of ether oxygens (including phenoxy) is 2.